The van der Waals surface area contributed by atoms with Crippen LogP contribution < -0.4 is 14.2 Å². The number of halogens is 1. The molecule has 0 aliphatic carbocycles. The van der Waals surface area contributed by atoms with Crippen LogP contribution in [0.5, 0.6) is 17.2 Å². The Labute approximate surface area is 319 Å². The number of hydrogen-bond acceptors (Lipinski definition) is 3. The maximum Gasteiger partial charge on any atom is 0.146 e. The van der Waals surface area contributed by atoms with Gasteiger partial charge in [0.25, 0.3) is 0 Å². The smallest absolute Gasteiger partial charge is 0.146 e. The average Bonchev–Trinajstić information content (AvgIpc) is 3.17. The van der Waals surface area contributed by atoms with E-state index in [0.717, 1.165) is 92.8 Å². The Morgan fingerprint density at radius 2 is 0.654 bits per heavy atom. The number of rotatable bonds is 25. The largest absolute Gasteiger partial charge is 0.492 e. The molecular formula is C48H63ClO3. The summed E-state index contributed by atoms with van der Waals surface area (Å²) in [6.07, 6.45) is 21.9. The Balaban J connectivity index is 1.59. The van der Waals surface area contributed by atoms with E-state index < -0.39 is 0 Å². The lowest BCUT2D eigenvalue weighted by Gasteiger charge is -2.23. The molecule has 3 nitrogen and oxygen atoms in total. The Bertz CT molecular complexity index is 1750. The van der Waals surface area contributed by atoms with Crippen molar-refractivity contribution in [3.63, 3.8) is 0 Å². The molecule has 0 atom stereocenters. The quantitative estimate of drug-likeness (QED) is 0.0443. The minimum atomic E-state index is 0.624. The van der Waals surface area contributed by atoms with Gasteiger partial charge in [0.2, 0.25) is 0 Å². The number of hydrogen-bond donors (Lipinski definition) is 0. The second kappa shape index (κ2) is 21.9. The molecule has 0 saturated carbocycles. The Hall–Kier alpha value is -3.43. The van der Waals surface area contributed by atoms with Crippen molar-refractivity contribution in [2.24, 2.45) is 0 Å². The van der Waals surface area contributed by atoms with E-state index in [9.17, 15) is 0 Å². The third-order valence-electron chi connectivity index (χ3n) is 10.4. The maximum atomic E-state index is 7.66. The van der Waals surface area contributed by atoms with E-state index in [0.29, 0.717) is 24.8 Å². The third kappa shape index (κ3) is 10.4. The molecule has 0 aliphatic rings. The predicted octanol–water partition coefficient (Wildman–Crippen LogP) is 15.7. The van der Waals surface area contributed by atoms with Gasteiger partial charge < -0.3 is 14.2 Å². The summed E-state index contributed by atoms with van der Waals surface area (Å²) in [6, 6.07) is 25.8. The first-order valence-corrected chi connectivity index (χ1v) is 21.1. The van der Waals surface area contributed by atoms with Crippen LogP contribution in [0.15, 0.2) is 72.8 Å². The molecular weight excluding hydrogens is 660 g/mol. The number of unbranched alkanes of at least 4 members (excludes halogenated alkanes) is 15. The van der Waals surface area contributed by atoms with Gasteiger partial charge in [-0.2, -0.15) is 0 Å². The molecule has 0 bridgehead atoms. The lowest BCUT2D eigenvalue weighted by Crippen LogP contribution is -2.05. The minimum Gasteiger partial charge on any atom is -0.492 e. The monoisotopic (exact) mass is 722 g/mol. The van der Waals surface area contributed by atoms with Crippen molar-refractivity contribution in [3.05, 3.63) is 77.8 Å². The van der Waals surface area contributed by atoms with Crippen molar-refractivity contribution < 1.29 is 14.2 Å². The zero-order valence-corrected chi connectivity index (χ0v) is 33.1. The second-order valence-corrected chi connectivity index (χ2v) is 14.9. The molecule has 5 aromatic rings. The number of fused-ring (bicyclic) bond motifs is 3. The summed E-state index contributed by atoms with van der Waals surface area (Å²) < 4.78 is 20.3. The van der Waals surface area contributed by atoms with Gasteiger partial charge >= 0.3 is 0 Å². The Kier molecular flexibility index (Phi) is 16.8. The SMILES string of the molecule is CCCCCCCCOc1c(Cl)c(-c2c3ccccc3c(OCCCCCCCC)c3ccccc23)c(OCCCCCCCC)c2ccccc12. The molecule has 0 saturated heterocycles. The molecule has 0 N–H and O–H groups in total. The highest BCUT2D eigenvalue weighted by Crippen LogP contribution is 2.53. The van der Waals surface area contributed by atoms with Crippen LogP contribution >= 0.6 is 11.6 Å². The highest BCUT2D eigenvalue weighted by Gasteiger charge is 2.26. The molecule has 280 valence electrons. The van der Waals surface area contributed by atoms with E-state index in [-0.39, 0.29) is 0 Å². The summed E-state index contributed by atoms with van der Waals surface area (Å²) in [5.41, 5.74) is 2.00. The molecule has 4 heteroatoms. The fraction of sp³-hybridized carbons (Fsp3) is 0.500. The van der Waals surface area contributed by atoms with Crippen LogP contribution in [0.4, 0.5) is 0 Å². The Morgan fingerprint density at radius 3 is 1.08 bits per heavy atom. The number of benzene rings is 5. The van der Waals surface area contributed by atoms with E-state index in [1.54, 1.807) is 0 Å². The first kappa shape index (κ1) is 39.8. The first-order chi connectivity index (χ1) is 25.7. The lowest BCUT2D eigenvalue weighted by molar-refractivity contribution is 0.302. The van der Waals surface area contributed by atoms with E-state index >= 15 is 0 Å². The van der Waals surface area contributed by atoms with Crippen molar-refractivity contribution in [1.29, 1.82) is 0 Å². The van der Waals surface area contributed by atoms with Crippen LogP contribution in [0.25, 0.3) is 43.4 Å². The first-order valence-electron chi connectivity index (χ1n) is 20.8. The standard InChI is InChI=1S/C48H63ClO3/c1-4-7-10-13-16-25-34-50-46-39-30-21-19-28-37(39)43(38-29-20-22-31-40(38)46)44-45(49)48(52-36-27-18-15-12-9-6-3)42-33-24-23-32-41(42)47(44)51-35-26-17-14-11-8-5-2/h19-24,28-33H,4-18,25-27,34-36H2,1-3H3. The molecule has 52 heavy (non-hydrogen) atoms. The van der Waals surface area contributed by atoms with Crippen LogP contribution in [0.3, 0.4) is 0 Å². The van der Waals surface area contributed by atoms with E-state index in [1.165, 1.54) is 83.5 Å². The molecule has 0 aliphatic heterocycles. The normalized spacial score (nSPS) is 11.5. The highest BCUT2D eigenvalue weighted by atomic mass is 35.5. The molecule has 0 amide bonds. The lowest BCUT2D eigenvalue weighted by atomic mass is 9.89. The van der Waals surface area contributed by atoms with Gasteiger partial charge in [0, 0.05) is 32.7 Å². The predicted molar refractivity (Wildman–Crippen MR) is 226 cm³/mol. The van der Waals surface area contributed by atoms with Gasteiger partial charge in [0.05, 0.1) is 24.8 Å². The van der Waals surface area contributed by atoms with E-state index in [2.05, 4.69) is 93.6 Å². The molecule has 0 heterocycles. The van der Waals surface area contributed by atoms with E-state index in [1.807, 2.05) is 0 Å². The van der Waals surface area contributed by atoms with Gasteiger partial charge in [-0.3, -0.25) is 0 Å². The highest BCUT2D eigenvalue weighted by molar-refractivity contribution is 6.38. The summed E-state index contributed by atoms with van der Waals surface area (Å²) in [5.74, 6) is 2.55. The van der Waals surface area contributed by atoms with Crippen molar-refractivity contribution in [1.82, 2.24) is 0 Å². The van der Waals surface area contributed by atoms with Gasteiger partial charge in [-0.15, -0.1) is 0 Å². The maximum absolute atomic E-state index is 7.66. The Morgan fingerprint density at radius 1 is 0.346 bits per heavy atom. The van der Waals surface area contributed by atoms with Crippen LogP contribution in [0.2, 0.25) is 5.02 Å². The molecule has 0 aromatic heterocycles. The molecule has 5 aromatic carbocycles. The summed E-state index contributed by atoms with van der Waals surface area (Å²) in [6.45, 7) is 8.79. The van der Waals surface area contributed by atoms with Crippen LogP contribution in [-0.4, -0.2) is 19.8 Å². The minimum absolute atomic E-state index is 0.624. The van der Waals surface area contributed by atoms with Crippen LogP contribution in [-0.2, 0) is 0 Å². The summed E-state index contributed by atoms with van der Waals surface area (Å²) in [7, 11) is 0. The van der Waals surface area contributed by atoms with Crippen molar-refractivity contribution >= 4 is 43.9 Å². The van der Waals surface area contributed by atoms with Crippen LogP contribution in [0.1, 0.15) is 136 Å². The zero-order valence-electron chi connectivity index (χ0n) is 32.4. The zero-order chi connectivity index (χ0) is 36.4. The van der Waals surface area contributed by atoms with E-state index in [4.69, 9.17) is 25.8 Å². The van der Waals surface area contributed by atoms with Crippen LogP contribution in [0, 0.1) is 0 Å². The molecule has 5 rings (SSSR count). The molecule has 0 unspecified atom stereocenters. The van der Waals surface area contributed by atoms with Gasteiger partial charge in [-0.05, 0) is 30.0 Å². The molecule has 0 radical (unpaired) electrons. The summed E-state index contributed by atoms with van der Waals surface area (Å²) in [4.78, 5) is 0. The topological polar surface area (TPSA) is 27.7 Å². The summed E-state index contributed by atoms with van der Waals surface area (Å²) >= 11 is 7.66. The second-order valence-electron chi connectivity index (χ2n) is 14.5. The van der Waals surface area contributed by atoms with Gasteiger partial charge in [-0.1, -0.05) is 201 Å². The summed E-state index contributed by atoms with van der Waals surface area (Å²) in [5, 5.41) is 7.10. The van der Waals surface area contributed by atoms with Crippen molar-refractivity contribution in [3.8, 4) is 28.4 Å². The van der Waals surface area contributed by atoms with Gasteiger partial charge in [0.1, 0.15) is 17.2 Å². The fourth-order valence-corrected chi connectivity index (χ4v) is 7.88. The van der Waals surface area contributed by atoms with Crippen molar-refractivity contribution in [2.75, 3.05) is 19.8 Å². The fourth-order valence-electron chi connectivity index (χ4n) is 7.54. The molecule has 0 spiro atoms. The van der Waals surface area contributed by atoms with Crippen molar-refractivity contribution in [2.45, 2.75) is 136 Å². The average molecular weight is 723 g/mol. The number of ether oxygens (including phenoxy) is 3. The van der Waals surface area contributed by atoms with Gasteiger partial charge in [-0.25, -0.2) is 0 Å². The molecule has 0 fully saturated rings. The van der Waals surface area contributed by atoms with Gasteiger partial charge in [0.15, 0.2) is 0 Å². The third-order valence-corrected chi connectivity index (χ3v) is 10.8.